The summed E-state index contributed by atoms with van der Waals surface area (Å²) in [5, 5.41) is 14.5. The zero-order chi connectivity index (χ0) is 14.5. The van der Waals surface area contributed by atoms with Gasteiger partial charge in [0.15, 0.2) is 0 Å². The highest BCUT2D eigenvalue weighted by molar-refractivity contribution is 5.91. The minimum Gasteiger partial charge on any atom is -0.481 e. The number of nitrogens with zero attached hydrogens (tertiary/aromatic N) is 1. The third kappa shape index (κ3) is 3.96. The number of urea groups is 1. The summed E-state index contributed by atoms with van der Waals surface area (Å²) >= 11 is 0. The van der Waals surface area contributed by atoms with Gasteiger partial charge in [0.25, 0.3) is 0 Å². The minimum atomic E-state index is -0.919. The van der Waals surface area contributed by atoms with Crippen molar-refractivity contribution in [3.05, 3.63) is 29.8 Å². The number of nitrogens with one attached hydrogen (secondary N) is 2. The second kappa shape index (κ2) is 6.38. The first kappa shape index (κ1) is 14.3. The van der Waals surface area contributed by atoms with Gasteiger partial charge in [-0.2, -0.15) is 0 Å². The average Bonchev–Trinajstić information content (AvgIpc) is 2.76. The van der Waals surface area contributed by atoms with Crippen LogP contribution in [0.3, 0.4) is 0 Å². The minimum absolute atomic E-state index is 0.109. The Bertz CT molecular complexity index is 504. The number of benzene rings is 1. The number of rotatable bonds is 4. The van der Waals surface area contributed by atoms with Gasteiger partial charge in [-0.05, 0) is 31.6 Å². The molecule has 1 aromatic carbocycles. The second-order valence-corrected chi connectivity index (χ2v) is 5.07. The van der Waals surface area contributed by atoms with Gasteiger partial charge in [-0.15, -0.1) is 0 Å². The number of anilines is 1. The second-order valence-electron chi connectivity index (χ2n) is 5.07. The number of para-hydroxylation sites is 1. The van der Waals surface area contributed by atoms with E-state index in [0.717, 1.165) is 19.5 Å². The normalized spacial score (nSPS) is 18.8. The van der Waals surface area contributed by atoms with E-state index in [1.54, 1.807) is 24.3 Å². The average molecular weight is 277 g/mol. The largest absolute Gasteiger partial charge is 0.481 e. The highest BCUT2D eigenvalue weighted by atomic mass is 16.4. The number of aliphatic carboxylic acids is 1. The summed E-state index contributed by atoms with van der Waals surface area (Å²) in [6.45, 7) is 1.81. The van der Waals surface area contributed by atoms with Crippen LogP contribution >= 0.6 is 0 Å². The van der Waals surface area contributed by atoms with Crippen LogP contribution in [0.4, 0.5) is 10.5 Å². The molecule has 0 saturated carbocycles. The number of carbonyl (C=O) groups is 2. The molecule has 1 saturated heterocycles. The first-order valence-corrected chi connectivity index (χ1v) is 6.60. The fourth-order valence-electron chi connectivity index (χ4n) is 2.36. The van der Waals surface area contributed by atoms with E-state index in [2.05, 4.69) is 15.5 Å². The van der Waals surface area contributed by atoms with Gasteiger partial charge in [-0.25, -0.2) is 4.79 Å². The number of carbonyl (C=O) groups excluding carboxylic acids is 1. The number of likely N-dealkylation sites (N-methyl/N-ethyl adjacent to an activating group) is 1. The summed E-state index contributed by atoms with van der Waals surface area (Å²) < 4.78 is 0. The summed E-state index contributed by atoms with van der Waals surface area (Å²) in [7, 11) is 2.02. The molecule has 1 heterocycles. The van der Waals surface area contributed by atoms with Gasteiger partial charge in [0.2, 0.25) is 0 Å². The van der Waals surface area contributed by atoms with Gasteiger partial charge in [-0.1, -0.05) is 18.2 Å². The number of likely N-dealkylation sites (tertiary alicyclic amines) is 1. The molecule has 1 aromatic rings. The maximum Gasteiger partial charge on any atom is 0.319 e. The van der Waals surface area contributed by atoms with Crippen molar-refractivity contribution in [3.8, 4) is 0 Å². The van der Waals surface area contributed by atoms with Gasteiger partial charge < -0.3 is 20.6 Å². The van der Waals surface area contributed by atoms with Crippen LogP contribution in [-0.4, -0.2) is 48.2 Å². The number of carboxylic acid groups (broad SMARTS) is 1. The SMILES string of the molecule is CN1CCC(NC(=O)Nc2ccccc2CC(=O)O)C1. The first-order chi connectivity index (χ1) is 9.54. The quantitative estimate of drug-likeness (QED) is 0.771. The first-order valence-electron chi connectivity index (χ1n) is 6.60. The van der Waals surface area contributed by atoms with Crippen molar-refractivity contribution in [2.45, 2.75) is 18.9 Å². The van der Waals surface area contributed by atoms with Crippen LogP contribution in [0.2, 0.25) is 0 Å². The van der Waals surface area contributed by atoms with Crippen molar-refractivity contribution < 1.29 is 14.7 Å². The van der Waals surface area contributed by atoms with E-state index >= 15 is 0 Å². The fraction of sp³-hybridized carbons (Fsp3) is 0.429. The Morgan fingerprint density at radius 3 is 2.80 bits per heavy atom. The van der Waals surface area contributed by atoms with Gasteiger partial charge in [-0.3, -0.25) is 4.79 Å². The third-order valence-electron chi connectivity index (χ3n) is 3.33. The highest BCUT2D eigenvalue weighted by Crippen LogP contribution is 2.16. The van der Waals surface area contributed by atoms with E-state index in [4.69, 9.17) is 5.11 Å². The molecule has 0 bridgehead atoms. The smallest absolute Gasteiger partial charge is 0.319 e. The van der Waals surface area contributed by atoms with Gasteiger partial charge >= 0.3 is 12.0 Å². The molecule has 0 spiro atoms. The van der Waals surface area contributed by atoms with Crippen molar-refractivity contribution in [3.63, 3.8) is 0 Å². The lowest BCUT2D eigenvalue weighted by molar-refractivity contribution is -0.136. The van der Waals surface area contributed by atoms with E-state index < -0.39 is 5.97 Å². The monoisotopic (exact) mass is 277 g/mol. The summed E-state index contributed by atoms with van der Waals surface area (Å²) in [5.41, 5.74) is 1.14. The van der Waals surface area contributed by atoms with Crippen LogP contribution in [0.25, 0.3) is 0 Å². The maximum absolute atomic E-state index is 11.9. The zero-order valence-electron chi connectivity index (χ0n) is 11.4. The van der Waals surface area contributed by atoms with Crippen molar-refractivity contribution >= 4 is 17.7 Å². The molecule has 0 radical (unpaired) electrons. The summed E-state index contributed by atoms with van der Waals surface area (Å²) in [6.07, 6.45) is 0.823. The molecule has 6 nitrogen and oxygen atoms in total. The predicted octanol–water partition coefficient (Wildman–Crippen LogP) is 1.14. The summed E-state index contributed by atoms with van der Waals surface area (Å²) in [5.74, 6) is -0.919. The Labute approximate surface area is 117 Å². The Morgan fingerprint density at radius 2 is 2.15 bits per heavy atom. The Balaban J connectivity index is 1.95. The molecular formula is C14H19N3O3. The van der Waals surface area contributed by atoms with E-state index in [1.807, 2.05) is 7.05 Å². The highest BCUT2D eigenvalue weighted by Gasteiger charge is 2.21. The fourth-order valence-corrected chi connectivity index (χ4v) is 2.36. The standard InChI is InChI=1S/C14H19N3O3/c1-17-7-6-11(9-17)15-14(20)16-12-5-3-2-4-10(12)8-13(18)19/h2-5,11H,6-9H2,1H3,(H,18,19)(H2,15,16,20). The van der Waals surface area contributed by atoms with Crippen LogP contribution in [-0.2, 0) is 11.2 Å². The van der Waals surface area contributed by atoms with Gasteiger partial charge in [0, 0.05) is 18.3 Å². The Morgan fingerprint density at radius 1 is 1.40 bits per heavy atom. The number of hydrogen-bond acceptors (Lipinski definition) is 3. The summed E-state index contributed by atoms with van der Waals surface area (Å²) in [6, 6.07) is 6.79. The van der Waals surface area contributed by atoms with Crippen LogP contribution in [0.15, 0.2) is 24.3 Å². The van der Waals surface area contributed by atoms with Crippen LogP contribution in [0, 0.1) is 0 Å². The molecule has 1 fully saturated rings. The number of amides is 2. The van der Waals surface area contributed by atoms with E-state index in [0.29, 0.717) is 11.3 Å². The molecule has 0 aliphatic carbocycles. The molecule has 3 N–H and O–H groups in total. The molecule has 1 aliphatic heterocycles. The predicted molar refractivity (Wildman–Crippen MR) is 75.8 cm³/mol. The molecule has 2 amide bonds. The Kier molecular flexibility index (Phi) is 4.57. The molecule has 108 valence electrons. The van der Waals surface area contributed by atoms with E-state index in [9.17, 15) is 9.59 Å². The molecule has 1 aliphatic rings. The van der Waals surface area contributed by atoms with Crippen LogP contribution in [0.1, 0.15) is 12.0 Å². The molecule has 20 heavy (non-hydrogen) atoms. The number of hydrogen-bond donors (Lipinski definition) is 3. The Hall–Kier alpha value is -2.08. The van der Waals surface area contributed by atoms with E-state index in [1.165, 1.54) is 0 Å². The third-order valence-corrected chi connectivity index (χ3v) is 3.33. The molecule has 6 heteroatoms. The van der Waals surface area contributed by atoms with Gasteiger partial charge in [0.05, 0.1) is 6.42 Å². The lowest BCUT2D eigenvalue weighted by Crippen LogP contribution is -2.39. The topological polar surface area (TPSA) is 81.7 Å². The molecule has 1 unspecified atom stereocenters. The van der Waals surface area contributed by atoms with Crippen LogP contribution < -0.4 is 10.6 Å². The summed E-state index contributed by atoms with van der Waals surface area (Å²) in [4.78, 5) is 24.9. The number of carboxylic acids is 1. The van der Waals surface area contributed by atoms with Crippen molar-refractivity contribution in [1.82, 2.24) is 10.2 Å². The van der Waals surface area contributed by atoms with Gasteiger partial charge in [0.1, 0.15) is 0 Å². The maximum atomic E-state index is 11.9. The lowest BCUT2D eigenvalue weighted by Gasteiger charge is -2.15. The molecule has 2 rings (SSSR count). The van der Waals surface area contributed by atoms with Crippen molar-refractivity contribution in [2.75, 3.05) is 25.5 Å². The molecule has 1 atom stereocenters. The van der Waals surface area contributed by atoms with Crippen molar-refractivity contribution in [2.24, 2.45) is 0 Å². The van der Waals surface area contributed by atoms with Crippen LogP contribution in [0.5, 0.6) is 0 Å². The molecule has 0 aromatic heterocycles. The zero-order valence-corrected chi connectivity index (χ0v) is 11.4. The van der Waals surface area contributed by atoms with Crippen molar-refractivity contribution in [1.29, 1.82) is 0 Å². The lowest BCUT2D eigenvalue weighted by atomic mass is 10.1. The van der Waals surface area contributed by atoms with E-state index in [-0.39, 0.29) is 18.5 Å². The molecular weight excluding hydrogens is 258 g/mol.